The molecule has 0 saturated heterocycles. The molecule has 0 radical (unpaired) electrons. The van der Waals surface area contributed by atoms with Gasteiger partial charge < -0.3 is 9.84 Å². The van der Waals surface area contributed by atoms with Gasteiger partial charge in [-0.1, -0.05) is 6.07 Å². The zero-order valence-corrected chi connectivity index (χ0v) is 9.01. The first-order valence-electron chi connectivity index (χ1n) is 4.66. The Morgan fingerprint density at radius 2 is 2.18 bits per heavy atom. The largest absolute Gasteiger partial charge is 0.478 e. The van der Waals surface area contributed by atoms with Crippen LogP contribution in [0.1, 0.15) is 22.8 Å². The van der Waals surface area contributed by atoms with Gasteiger partial charge in [0.1, 0.15) is 5.75 Å². The molecule has 1 rings (SSSR count). The van der Waals surface area contributed by atoms with Gasteiger partial charge in [-0.3, -0.25) is 4.79 Å². The number of carbonyl (C=O) groups excluding carboxylic acids is 1. The molecule has 0 amide bonds. The fraction of sp³-hybridized carbons (Fsp3) is 0.0833. The third-order valence-electron chi connectivity index (χ3n) is 1.85. The molecule has 1 aromatic carbocycles. The van der Waals surface area contributed by atoms with Gasteiger partial charge in [0.25, 0.3) is 0 Å². The lowest BCUT2D eigenvalue weighted by Crippen LogP contribution is -2.04. The SMILES string of the molecule is CC(=O)Oc1ccc(C=CC#N)c(C(=O)O)c1. The molecule has 0 aliphatic carbocycles. The lowest BCUT2D eigenvalue weighted by molar-refractivity contribution is -0.131. The van der Waals surface area contributed by atoms with E-state index < -0.39 is 11.9 Å². The van der Waals surface area contributed by atoms with Crippen molar-refractivity contribution in [1.29, 1.82) is 5.26 Å². The topological polar surface area (TPSA) is 87.4 Å². The summed E-state index contributed by atoms with van der Waals surface area (Å²) in [6, 6.07) is 5.94. The van der Waals surface area contributed by atoms with Crippen LogP contribution < -0.4 is 4.74 Å². The number of aromatic carboxylic acids is 1. The van der Waals surface area contributed by atoms with Gasteiger partial charge in [0.2, 0.25) is 0 Å². The highest BCUT2D eigenvalue weighted by Crippen LogP contribution is 2.19. The molecule has 5 heteroatoms. The number of hydrogen-bond donors (Lipinski definition) is 1. The highest BCUT2D eigenvalue weighted by molar-refractivity contribution is 5.93. The molecule has 0 saturated carbocycles. The maximum absolute atomic E-state index is 11.0. The van der Waals surface area contributed by atoms with Crippen LogP contribution in [-0.2, 0) is 4.79 Å². The summed E-state index contributed by atoms with van der Waals surface area (Å²) >= 11 is 0. The Kier molecular flexibility index (Phi) is 4.01. The van der Waals surface area contributed by atoms with Crippen molar-refractivity contribution in [3.63, 3.8) is 0 Å². The van der Waals surface area contributed by atoms with Gasteiger partial charge in [-0.15, -0.1) is 0 Å². The maximum atomic E-state index is 11.0. The van der Waals surface area contributed by atoms with Crippen molar-refractivity contribution < 1.29 is 19.4 Å². The van der Waals surface area contributed by atoms with Crippen LogP contribution in [0.2, 0.25) is 0 Å². The van der Waals surface area contributed by atoms with Crippen LogP contribution in [0.4, 0.5) is 0 Å². The van der Waals surface area contributed by atoms with Crippen LogP contribution in [0.3, 0.4) is 0 Å². The second kappa shape index (κ2) is 5.47. The molecule has 86 valence electrons. The Hall–Kier alpha value is -2.61. The fourth-order valence-corrected chi connectivity index (χ4v) is 1.22. The van der Waals surface area contributed by atoms with E-state index in [0.29, 0.717) is 5.56 Å². The first-order chi connectivity index (χ1) is 8.04. The quantitative estimate of drug-likeness (QED) is 0.487. The van der Waals surface area contributed by atoms with Crippen molar-refractivity contribution in [1.82, 2.24) is 0 Å². The van der Waals surface area contributed by atoms with Gasteiger partial charge in [-0.25, -0.2) is 4.79 Å². The Balaban J connectivity index is 3.18. The summed E-state index contributed by atoms with van der Waals surface area (Å²) in [5.74, 6) is -1.53. The number of allylic oxidation sites excluding steroid dienone is 1. The number of carbonyl (C=O) groups is 2. The Morgan fingerprint density at radius 1 is 1.47 bits per heavy atom. The van der Waals surface area contributed by atoms with Crippen LogP contribution in [0.5, 0.6) is 5.75 Å². The van der Waals surface area contributed by atoms with E-state index in [4.69, 9.17) is 15.1 Å². The molecule has 0 aromatic heterocycles. The number of nitrogens with zero attached hydrogens (tertiary/aromatic N) is 1. The number of rotatable bonds is 3. The molecule has 0 atom stereocenters. The molecule has 0 aliphatic rings. The number of esters is 1. The predicted molar refractivity (Wildman–Crippen MR) is 59.4 cm³/mol. The summed E-state index contributed by atoms with van der Waals surface area (Å²) < 4.78 is 4.77. The first-order valence-corrected chi connectivity index (χ1v) is 4.66. The van der Waals surface area contributed by atoms with Gasteiger partial charge >= 0.3 is 11.9 Å². The summed E-state index contributed by atoms with van der Waals surface area (Å²) in [5.41, 5.74) is 0.338. The van der Waals surface area contributed by atoms with E-state index >= 15 is 0 Å². The molecular weight excluding hydrogens is 222 g/mol. The zero-order valence-electron chi connectivity index (χ0n) is 9.01. The van der Waals surface area contributed by atoms with Crippen LogP contribution in [0.15, 0.2) is 24.3 Å². The average molecular weight is 231 g/mol. The Labute approximate surface area is 97.6 Å². The maximum Gasteiger partial charge on any atom is 0.336 e. The molecular formula is C12H9NO4. The molecule has 0 spiro atoms. The lowest BCUT2D eigenvalue weighted by atomic mass is 10.1. The first kappa shape index (κ1) is 12.5. The van der Waals surface area contributed by atoms with Crippen molar-refractivity contribution in [2.45, 2.75) is 6.92 Å². The van der Waals surface area contributed by atoms with E-state index in [2.05, 4.69) is 0 Å². The molecule has 17 heavy (non-hydrogen) atoms. The molecule has 0 fully saturated rings. The molecule has 1 N–H and O–H groups in total. The number of nitriles is 1. The van der Waals surface area contributed by atoms with E-state index in [9.17, 15) is 9.59 Å². The number of carboxylic acids is 1. The van der Waals surface area contributed by atoms with Crippen LogP contribution in [0, 0.1) is 11.3 Å². The summed E-state index contributed by atoms with van der Waals surface area (Å²) in [7, 11) is 0. The number of carboxylic acid groups (broad SMARTS) is 1. The normalized spacial score (nSPS) is 9.88. The van der Waals surface area contributed by atoms with Crippen molar-refractivity contribution in [3.8, 4) is 11.8 Å². The second-order valence-corrected chi connectivity index (χ2v) is 3.11. The van der Waals surface area contributed by atoms with Gasteiger partial charge in [0, 0.05) is 13.0 Å². The van der Waals surface area contributed by atoms with Crippen LogP contribution in [-0.4, -0.2) is 17.0 Å². The van der Waals surface area contributed by atoms with E-state index in [1.807, 2.05) is 0 Å². The van der Waals surface area contributed by atoms with E-state index in [-0.39, 0.29) is 11.3 Å². The summed E-state index contributed by atoms with van der Waals surface area (Å²) in [6.07, 6.45) is 2.55. The molecule has 1 aromatic rings. The standard InChI is InChI=1S/C12H9NO4/c1-8(14)17-10-5-4-9(3-2-6-13)11(7-10)12(15)16/h2-5,7H,1H3,(H,15,16). The minimum absolute atomic E-state index is 0.0322. The van der Waals surface area contributed by atoms with Crippen LogP contribution in [0.25, 0.3) is 6.08 Å². The van der Waals surface area contributed by atoms with Gasteiger partial charge in [-0.05, 0) is 23.8 Å². The summed E-state index contributed by atoms with van der Waals surface area (Å²) in [4.78, 5) is 21.7. The van der Waals surface area contributed by atoms with Gasteiger partial charge in [-0.2, -0.15) is 5.26 Å². The number of hydrogen-bond acceptors (Lipinski definition) is 4. The predicted octanol–water partition coefficient (Wildman–Crippen LogP) is 1.85. The minimum atomic E-state index is -1.16. The van der Waals surface area contributed by atoms with Crippen molar-refractivity contribution in [3.05, 3.63) is 35.4 Å². The van der Waals surface area contributed by atoms with E-state index in [1.54, 1.807) is 6.07 Å². The zero-order chi connectivity index (χ0) is 12.8. The lowest BCUT2D eigenvalue weighted by Gasteiger charge is -2.05. The van der Waals surface area contributed by atoms with E-state index in [1.165, 1.54) is 37.3 Å². The molecule has 0 heterocycles. The molecule has 0 aliphatic heterocycles. The van der Waals surface area contributed by atoms with Gasteiger partial charge in [0.15, 0.2) is 0 Å². The molecule has 5 nitrogen and oxygen atoms in total. The van der Waals surface area contributed by atoms with Crippen molar-refractivity contribution in [2.75, 3.05) is 0 Å². The monoisotopic (exact) mass is 231 g/mol. The van der Waals surface area contributed by atoms with Crippen molar-refractivity contribution in [2.24, 2.45) is 0 Å². The molecule has 0 unspecified atom stereocenters. The highest BCUT2D eigenvalue weighted by atomic mass is 16.5. The van der Waals surface area contributed by atoms with Crippen LogP contribution >= 0.6 is 0 Å². The summed E-state index contributed by atoms with van der Waals surface area (Å²) in [6.45, 7) is 1.23. The Bertz CT molecular complexity index is 526. The third-order valence-corrected chi connectivity index (χ3v) is 1.85. The smallest absolute Gasteiger partial charge is 0.336 e. The Morgan fingerprint density at radius 3 is 2.71 bits per heavy atom. The fourth-order valence-electron chi connectivity index (χ4n) is 1.22. The number of ether oxygens (including phenoxy) is 1. The third kappa shape index (κ3) is 3.47. The summed E-state index contributed by atoms with van der Waals surface area (Å²) in [5, 5.41) is 17.3. The second-order valence-electron chi connectivity index (χ2n) is 3.11. The number of benzene rings is 1. The highest BCUT2D eigenvalue weighted by Gasteiger charge is 2.10. The average Bonchev–Trinajstić information content (AvgIpc) is 2.26. The van der Waals surface area contributed by atoms with Crippen molar-refractivity contribution >= 4 is 18.0 Å². The molecule has 0 bridgehead atoms. The van der Waals surface area contributed by atoms with E-state index in [0.717, 1.165) is 0 Å². The minimum Gasteiger partial charge on any atom is -0.478 e. The van der Waals surface area contributed by atoms with Gasteiger partial charge in [0.05, 0.1) is 11.6 Å².